The fourth-order valence-electron chi connectivity index (χ4n) is 3.15. The molecule has 1 aliphatic rings. The first-order chi connectivity index (χ1) is 13.5. The molecule has 0 radical (unpaired) electrons. The minimum absolute atomic E-state index is 0.201. The van der Waals surface area contributed by atoms with Crippen LogP contribution in [0.2, 0.25) is 0 Å². The number of benzene rings is 2. The van der Waals surface area contributed by atoms with Crippen molar-refractivity contribution in [2.45, 2.75) is 38.4 Å². The normalized spacial score (nSPS) is 27.0. The van der Waals surface area contributed by atoms with Gasteiger partial charge in [-0.25, -0.2) is 9.59 Å². The molecule has 1 aliphatic heterocycles. The summed E-state index contributed by atoms with van der Waals surface area (Å²) in [5.74, 6) is -1.21. The van der Waals surface area contributed by atoms with Crippen LogP contribution in [0.25, 0.3) is 0 Å². The van der Waals surface area contributed by atoms with Crippen LogP contribution in [0.15, 0.2) is 60.7 Å². The molecule has 1 saturated heterocycles. The van der Waals surface area contributed by atoms with Gasteiger partial charge in [0.25, 0.3) is 0 Å². The predicted octanol–water partition coefficient (Wildman–Crippen LogP) is 3.46. The lowest BCUT2D eigenvalue weighted by molar-refractivity contribution is -0.270. The minimum Gasteiger partial charge on any atom is -0.454 e. The summed E-state index contributed by atoms with van der Waals surface area (Å²) in [6.45, 7) is 3.76. The third-order valence-electron chi connectivity index (χ3n) is 4.94. The number of hydrogen-bond acceptors (Lipinski definition) is 6. The van der Waals surface area contributed by atoms with Gasteiger partial charge in [-0.1, -0.05) is 43.3 Å². The summed E-state index contributed by atoms with van der Waals surface area (Å²) in [5, 5.41) is 0. The maximum atomic E-state index is 12.6. The number of hydrogen-bond donors (Lipinski definition) is 0. The average Bonchev–Trinajstić information content (AvgIpc) is 2.74. The highest BCUT2D eigenvalue weighted by atomic mass is 16.7. The van der Waals surface area contributed by atoms with Crippen molar-refractivity contribution in [3.05, 3.63) is 71.8 Å². The minimum atomic E-state index is -0.892. The molecule has 3 unspecified atom stereocenters. The molecule has 2 aromatic rings. The van der Waals surface area contributed by atoms with E-state index in [0.717, 1.165) is 0 Å². The molecule has 0 N–H and O–H groups in total. The van der Waals surface area contributed by atoms with E-state index in [2.05, 4.69) is 0 Å². The van der Waals surface area contributed by atoms with Crippen LogP contribution in [0.1, 0.15) is 34.6 Å². The van der Waals surface area contributed by atoms with Crippen LogP contribution in [-0.4, -0.2) is 43.7 Å². The number of carbonyl (C=O) groups excluding carboxylic acids is 2. The lowest BCUT2D eigenvalue weighted by Crippen LogP contribution is -2.56. The Labute approximate surface area is 164 Å². The van der Waals surface area contributed by atoms with Gasteiger partial charge in [-0.2, -0.15) is 0 Å². The first-order valence-electron chi connectivity index (χ1n) is 9.21. The van der Waals surface area contributed by atoms with Crippen LogP contribution >= 0.6 is 0 Å². The average molecular weight is 384 g/mol. The molecule has 0 spiro atoms. The number of methoxy groups -OCH3 is 1. The number of carbonyl (C=O) groups is 2. The molecular formula is C22H24O6. The summed E-state index contributed by atoms with van der Waals surface area (Å²) in [5.41, 5.74) is 0.827. The van der Waals surface area contributed by atoms with Crippen molar-refractivity contribution in [3.8, 4) is 0 Å². The Morgan fingerprint density at radius 1 is 0.786 bits per heavy atom. The summed E-state index contributed by atoms with van der Waals surface area (Å²) in [6.07, 6.45) is -2.69. The fraction of sp³-hybridized carbons (Fsp3) is 0.364. The molecule has 3 rings (SSSR count). The van der Waals surface area contributed by atoms with Crippen molar-refractivity contribution in [2.75, 3.05) is 7.11 Å². The van der Waals surface area contributed by atoms with E-state index in [-0.39, 0.29) is 12.0 Å². The van der Waals surface area contributed by atoms with Crippen molar-refractivity contribution in [1.82, 2.24) is 0 Å². The molecule has 0 aromatic heterocycles. The summed E-state index contributed by atoms with van der Waals surface area (Å²) >= 11 is 0. The van der Waals surface area contributed by atoms with Gasteiger partial charge in [-0.05, 0) is 31.2 Å². The smallest absolute Gasteiger partial charge is 0.338 e. The number of ether oxygens (including phenoxy) is 4. The Hall–Kier alpha value is -2.70. The second kappa shape index (κ2) is 8.99. The third kappa shape index (κ3) is 4.40. The standard InChI is InChI=1S/C22H24O6/c1-14-15(2)26-22(25-3)19(28-21(24)17-12-8-5-9-13-17)18(14)27-20(23)16-10-6-4-7-11-16/h4-15,18-19,22H,1-3H3/t14-,15?,18?,19?,22+/m1/s1. The zero-order chi connectivity index (χ0) is 20.1. The zero-order valence-electron chi connectivity index (χ0n) is 16.1. The van der Waals surface area contributed by atoms with Crippen molar-refractivity contribution < 1.29 is 28.5 Å². The fourth-order valence-corrected chi connectivity index (χ4v) is 3.15. The van der Waals surface area contributed by atoms with E-state index in [4.69, 9.17) is 18.9 Å². The maximum Gasteiger partial charge on any atom is 0.338 e. The van der Waals surface area contributed by atoms with E-state index < -0.39 is 30.4 Å². The number of esters is 2. The van der Waals surface area contributed by atoms with Gasteiger partial charge < -0.3 is 18.9 Å². The summed E-state index contributed by atoms with van der Waals surface area (Å²) < 4.78 is 22.7. The van der Waals surface area contributed by atoms with Crippen molar-refractivity contribution >= 4 is 11.9 Å². The van der Waals surface area contributed by atoms with Crippen molar-refractivity contribution in [3.63, 3.8) is 0 Å². The first kappa shape index (κ1) is 20.0. The lowest BCUT2D eigenvalue weighted by Gasteiger charge is -2.42. The van der Waals surface area contributed by atoms with Crippen LogP contribution < -0.4 is 0 Å². The van der Waals surface area contributed by atoms with Gasteiger partial charge in [0.2, 0.25) is 0 Å². The number of rotatable bonds is 5. The third-order valence-corrected chi connectivity index (χ3v) is 4.94. The van der Waals surface area contributed by atoms with Gasteiger partial charge in [0.1, 0.15) is 6.10 Å². The molecule has 0 aliphatic carbocycles. The Morgan fingerprint density at radius 3 is 1.71 bits per heavy atom. The molecular weight excluding hydrogens is 360 g/mol. The molecule has 2 aromatic carbocycles. The van der Waals surface area contributed by atoms with Gasteiger partial charge in [0.05, 0.1) is 17.2 Å². The van der Waals surface area contributed by atoms with Crippen molar-refractivity contribution in [1.29, 1.82) is 0 Å². The van der Waals surface area contributed by atoms with Gasteiger partial charge in [-0.3, -0.25) is 0 Å². The molecule has 0 saturated carbocycles. The molecule has 0 amide bonds. The molecule has 6 heteroatoms. The Morgan fingerprint density at radius 2 is 1.25 bits per heavy atom. The van der Waals surface area contributed by atoms with E-state index in [1.54, 1.807) is 48.5 Å². The summed E-state index contributed by atoms with van der Waals surface area (Å²) in [6, 6.07) is 17.3. The topological polar surface area (TPSA) is 71.1 Å². The van der Waals surface area contributed by atoms with Crippen LogP contribution in [0, 0.1) is 5.92 Å². The molecule has 148 valence electrons. The summed E-state index contributed by atoms with van der Waals surface area (Å²) in [7, 11) is 1.47. The molecule has 6 nitrogen and oxygen atoms in total. The van der Waals surface area contributed by atoms with E-state index in [1.165, 1.54) is 7.11 Å². The second-order valence-electron chi connectivity index (χ2n) is 6.78. The van der Waals surface area contributed by atoms with E-state index in [1.807, 2.05) is 26.0 Å². The highest BCUT2D eigenvalue weighted by Gasteiger charge is 2.47. The Balaban J connectivity index is 1.83. The Kier molecular flexibility index (Phi) is 6.44. The highest BCUT2D eigenvalue weighted by Crippen LogP contribution is 2.31. The molecule has 28 heavy (non-hydrogen) atoms. The van der Waals surface area contributed by atoms with Gasteiger partial charge >= 0.3 is 11.9 Å². The van der Waals surface area contributed by atoms with Crippen LogP contribution in [0.3, 0.4) is 0 Å². The second-order valence-corrected chi connectivity index (χ2v) is 6.78. The van der Waals surface area contributed by atoms with Crippen LogP contribution in [0.5, 0.6) is 0 Å². The lowest BCUT2D eigenvalue weighted by atomic mass is 9.91. The SMILES string of the molecule is CO[C@H]1OC(C)[C@@H](C)C(OC(=O)c2ccccc2)C1OC(=O)c1ccccc1. The molecule has 1 fully saturated rings. The van der Waals surface area contributed by atoms with Crippen LogP contribution in [0.4, 0.5) is 0 Å². The van der Waals surface area contributed by atoms with Gasteiger partial charge in [0.15, 0.2) is 12.4 Å². The summed E-state index contributed by atoms with van der Waals surface area (Å²) in [4.78, 5) is 25.2. The van der Waals surface area contributed by atoms with Crippen molar-refractivity contribution in [2.24, 2.45) is 5.92 Å². The monoisotopic (exact) mass is 384 g/mol. The maximum absolute atomic E-state index is 12.6. The molecule has 1 heterocycles. The quantitative estimate of drug-likeness (QED) is 0.735. The van der Waals surface area contributed by atoms with Gasteiger partial charge in [0, 0.05) is 13.0 Å². The van der Waals surface area contributed by atoms with E-state index >= 15 is 0 Å². The first-order valence-corrected chi connectivity index (χ1v) is 9.21. The molecule has 5 atom stereocenters. The largest absolute Gasteiger partial charge is 0.454 e. The highest BCUT2D eigenvalue weighted by molar-refractivity contribution is 5.90. The van der Waals surface area contributed by atoms with E-state index in [0.29, 0.717) is 11.1 Å². The van der Waals surface area contributed by atoms with Gasteiger partial charge in [-0.15, -0.1) is 0 Å². The molecule has 0 bridgehead atoms. The Bertz CT molecular complexity index is 738. The van der Waals surface area contributed by atoms with Crippen LogP contribution in [-0.2, 0) is 18.9 Å². The predicted molar refractivity (Wildman–Crippen MR) is 102 cm³/mol. The zero-order valence-corrected chi connectivity index (χ0v) is 16.1. The van der Waals surface area contributed by atoms with E-state index in [9.17, 15) is 9.59 Å².